The fourth-order valence-corrected chi connectivity index (χ4v) is 5.66. The number of aromatic nitrogens is 3. The number of hydrogen-bond acceptors (Lipinski definition) is 11. The first kappa shape index (κ1) is 23.6. The minimum absolute atomic E-state index is 0.00314. The Balaban J connectivity index is 1.56. The van der Waals surface area contributed by atoms with E-state index in [0.29, 0.717) is 40.0 Å². The Hall–Kier alpha value is -3.51. The van der Waals surface area contributed by atoms with Gasteiger partial charge in [0.15, 0.2) is 0 Å². The van der Waals surface area contributed by atoms with Crippen molar-refractivity contribution in [2.75, 3.05) is 31.5 Å². The molecule has 0 radical (unpaired) electrons. The number of aliphatic hydroxyl groups is 3. The normalized spacial score (nSPS) is 22.2. The van der Waals surface area contributed by atoms with Crippen LogP contribution in [0.5, 0.6) is 11.5 Å². The van der Waals surface area contributed by atoms with E-state index < -0.39 is 30.7 Å². The fraction of sp³-hybridized carbons (Fsp3) is 0.370. The molecule has 1 fully saturated rings. The molecule has 2 aromatic carbocycles. The van der Waals surface area contributed by atoms with Crippen LogP contribution in [0, 0.1) is 12.8 Å². The number of rotatable bonds is 9. The van der Waals surface area contributed by atoms with E-state index in [2.05, 4.69) is 20.6 Å². The number of anilines is 2. The molecule has 0 aliphatic heterocycles. The molecule has 1 unspecified atom stereocenters. The predicted molar refractivity (Wildman–Crippen MR) is 147 cm³/mol. The number of nitrogens with one attached hydrogen (secondary N) is 2. The molecule has 0 bridgehead atoms. The van der Waals surface area contributed by atoms with E-state index in [1.165, 1.54) is 25.6 Å². The monoisotopic (exact) mass is 539 g/mol. The molecule has 1 saturated carbocycles. The summed E-state index contributed by atoms with van der Waals surface area (Å²) in [4.78, 5) is 13.9. The van der Waals surface area contributed by atoms with Gasteiger partial charge >= 0.3 is 0 Å². The number of methoxy groups -OCH3 is 2. The highest BCUT2D eigenvalue weighted by molar-refractivity contribution is 7.21. The molecular weight excluding hydrogens is 506 g/mol. The standard InChI is InChI=1S/C27H31N5O5S/c1-14-22(26-31-19-6-4-5-7-21(19)38-26)25(30-20-10-16(13-33)23(34)24(20)35)32-27(29-14)28-12-15-8-17(36-2)11-18(9-15)37-3/h4-9,11,16,20,23-24,33-35H,10,12-13H2,1-3H3,(H2,28,29,30,32)/t16-,20?,23-,24+/m1/s1/i12D2. The molecule has 10 nitrogen and oxygen atoms in total. The zero-order valence-electron chi connectivity index (χ0n) is 23.2. The second kappa shape index (κ2) is 11.1. The molecular formula is C27H31N5O5S. The van der Waals surface area contributed by atoms with Gasteiger partial charge < -0.3 is 35.4 Å². The smallest absolute Gasteiger partial charge is 0.225 e. The Morgan fingerprint density at radius 1 is 1.05 bits per heavy atom. The van der Waals surface area contributed by atoms with Crippen LogP contribution in [-0.2, 0) is 6.50 Å². The maximum atomic E-state index is 10.7. The molecule has 5 N–H and O–H groups in total. The largest absolute Gasteiger partial charge is 0.497 e. The van der Waals surface area contributed by atoms with Gasteiger partial charge in [-0.05, 0) is 43.2 Å². The minimum atomic E-state index is -2.12. The molecule has 0 spiro atoms. The van der Waals surface area contributed by atoms with E-state index in [1.54, 1.807) is 25.1 Å². The quantitative estimate of drug-likeness (QED) is 0.215. The van der Waals surface area contributed by atoms with Crippen molar-refractivity contribution >= 4 is 33.3 Å². The van der Waals surface area contributed by atoms with Crippen LogP contribution in [0.15, 0.2) is 42.5 Å². The Bertz CT molecular complexity index is 1460. The number of para-hydroxylation sites is 1. The first-order valence-electron chi connectivity index (χ1n) is 13.1. The molecule has 11 heteroatoms. The number of aryl methyl sites for hydroxylation is 1. The van der Waals surface area contributed by atoms with E-state index in [0.717, 1.165) is 10.2 Å². The van der Waals surface area contributed by atoms with Gasteiger partial charge in [0, 0.05) is 25.1 Å². The summed E-state index contributed by atoms with van der Waals surface area (Å²) in [7, 11) is 2.98. The first-order chi connectivity index (χ1) is 19.1. The number of fused-ring (bicyclic) bond motifs is 1. The maximum absolute atomic E-state index is 10.7. The summed E-state index contributed by atoms with van der Waals surface area (Å²) in [5.74, 6) is 0.693. The summed E-state index contributed by atoms with van der Waals surface area (Å²) in [5.41, 5.74) is 2.19. The van der Waals surface area contributed by atoms with Crippen LogP contribution >= 0.6 is 11.3 Å². The number of hydrogen-bond donors (Lipinski definition) is 5. The van der Waals surface area contributed by atoms with Crippen molar-refractivity contribution in [2.24, 2.45) is 5.92 Å². The summed E-state index contributed by atoms with van der Waals surface area (Å²) >= 11 is 1.46. The van der Waals surface area contributed by atoms with Crippen molar-refractivity contribution in [1.82, 2.24) is 15.0 Å². The van der Waals surface area contributed by atoms with E-state index in [4.69, 9.17) is 17.2 Å². The molecule has 5 rings (SSSR count). The number of aliphatic hydroxyl groups excluding tert-OH is 3. The molecule has 200 valence electrons. The average molecular weight is 540 g/mol. The van der Waals surface area contributed by atoms with Gasteiger partial charge in [0.1, 0.15) is 28.4 Å². The van der Waals surface area contributed by atoms with Crippen LogP contribution < -0.4 is 20.1 Å². The SMILES string of the molecule is [2H]C([2H])(Nc1nc(C)c(-c2nc3ccccc3s2)c(NC2C[C@H](CO)[C@@H](O)[C@H]2O)n1)c1cc(OC)cc(OC)c1. The van der Waals surface area contributed by atoms with Crippen molar-refractivity contribution in [3.63, 3.8) is 0 Å². The third-order valence-electron chi connectivity index (χ3n) is 6.63. The number of thiazole rings is 1. The Kier molecular flexibility index (Phi) is 6.88. The molecule has 38 heavy (non-hydrogen) atoms. The molecule has 1 aliphatic rings. The molecule has 2 aromatic heterocycles. The molecule has 4 atom stereocenters. The van der Waals surface area contributed by atoms with Crippen LogP contribution in [0.25, 0.3) is 20.8 Å². The lowest BCUT2D eigenvalue weighted by Crippen LogP contribution is -2.35. The summed E-state index contributed by atoms with van der Waals surface area (Å²) in [6.07, 6.45) is -1.91. The summed E-state index contributed by atoms with van der Waals surface area (Å²) < 4.78 is 29.1. The van der Waals surface area contributed by atoms with Crippen molar-refractivity contribution < 1.29 is 27.5 Å². The molecule has 0 saturated heterocycles. The predicted octanol–water partition coefficient (Wildman–Crippen LogP) is 3.21. The lowest BCUT2D eigenvalue weighted by atomic mass is 10.1. The van der Waals surface area contributed by atoms with Gasteiger partial charge in [-0.15, -0.1) is 11.3 Å². The Morgan fingerprint density at radius 2 is 1.79 bits per heavy atom. The number of ether oxygens (including phenoxy) is 2. The van der Waals surface area contributed by atoms with Crippen LogP contribution in [-0.4, -0.2) is 69.3 Å². The zero-order valence-corrected chi connectivity index (χ0v) is 22.0. The van der Waals surface area contributed by atoms with Crippen LogP contribution in [0.3, 0.4) is 0 Å². The van der Waals surface area contributed by atoms with Crippen molar-refractivity contribution in [1.29, 1.82) is 0 Å². The van der Waals surface area contributed by atoms with E-state index in [-0.39, 0.29) is 18.1 Å². The summed E-state index contributed by atoms with van der Waals surface area (Å²) in [6.45, 7) is -0.602. The number of benzene rings is 2. The molecule has 1 aliphatic carbocycles. The van der Waals surface area contributed by atoms with Gasteiger partial charge in [-0.3, -0.25) is 0 Å². The second-order valence-electron chi connectivity index (χ2n) is 9.10. The maximum Gasteiger partial charge on any atom is 0.225 e. The molecule has 4 aromatic rings. The summed E-state index contributed by atoms with van der Waals surface area (Å²) in [5, 5.41) is 37.4. The topological polar surface area (TPSA) is 142 Å². The van der Waals surface area contributed by atoms with Crippen molar-refractivity contribution in [3.8, 4) is 22.1 Å². The molecule has 2 heterocycles. The molecule has 0 amide bonds. The van der Waals surface area contributed by atoms with Crippen LogP contribution in [0.2, 0.25) is 0 Å². The van der Waals surface area contributed by atoms with Gasteiger partial charge in [-0.2, -0.15) is 4.98 Å². The van der Waals surface area contributed by atoms with E-state index in [9.17, 15) is 15.3 Å². The van der Waals surface area contributed by atoms with Gasteiger partial charge in [0.25, 0.3) is 0 Å². The van der Waals surface area contributed by atoms with Gasteiger partial charge in [-0.1, -0.05) is 12.1 Å². The van der Waals surface area contributed by atoms with E-state index >= 15 is 0 Å². The van der Waals surface area contributed by atoms with E-state index in [1.807, 2.05) is 24.3 Å². The highest BCUT2D eigenvalue weighted by atomic mass is 32.1. The average Bonchev–Trinajstić information content (AvgIpc) is 3.48. The van der Waals surface area contributed by atoms with Crippen molar-refractivity contribution in [2.45, 2.75) is 38.1 Å². The second-order valence-corrected chi connectivity index (χ2v) is 10.1. The van der Waals surface area contributed by atoms with Crippen LogP contribution in [0.1, 0.15) is 20.4 Å². The van der Waals surface area contributed by atoms with Gasteiger partial charge in [-0.25, -0.2) is 9.97 Å². The Morgan fingerprint density at radius 3 is 2.45 bits per heavy atom. The van der Waals surface area contributed by atoms with Crippen LogP contribution in [0.4, 0.5) is 11.8 Å². The lowest BCUT2D eigenvalue weighted by Gasteiger charge is -2.21. The fourth-order valence-electron chi connectivity index (χ4n) is 4.60. The highest BCUT2D eigenvalue weighted by Gasteiger charge is 2.41. The number of nitrogens with zero attached hydrogens (tertiary/aromatic N) is 3. The zero-order chi connectivity index (χ0) is 28.6. The minimum Gasteiger partial charge on any atom is -0.497 e. The van der Waals surface area contributed by atoms with Crippen molar-refractivity contribution in [3.05, 3.63) is 53.7 Å². The Labute approximate surface area is 227 Å². The lowest BCUT2D eigenvalue weighted by molar-refractivity contribution is 0.00446. The third kappa shape index (κ3) is 5.23. The van der Waals surface area contributed by atoms with Gasteiger partial charge in [0.05, 0.1) is 50.6 Å². The highest BCUT2D eigenvalue weighted by Crippen LogP contribution is 2.38. The first-order valence-corrected chi connectivity index (χ1v) is 12.9. The third-order valence-corrected chi connectivity index (χ3v) is 7.68. The summed E-state index contributed by atoms with van der Waals surface area (Å²) in [6, 6.07) is 11.9. The van der Waals surface area contributed by atoms with Gasteiger partial charge in [0.2, 0.25) is 5.95 Å².